The highest BCUT2D eigenvalue weighted by molar-refractivity contribution is 6.03. The lowest BCUT2D eigenvalue weighted by Gasteiger charge is -2.35. The lowest BCUT2D eigenvalue weighted by Crippen LogP contribution is -2.48. The summed E-state index contributed by atoms with van der Waals surface area (Å²) in [5, 5.41) is 13.0. The monoisotopic (exact) mass is 418 g/mol. The zero-order chi connectivity index (χ0) is 21.5. The van der Waals surface area contributed by atoms with Gasteiger partial charge in [0.1, 0.15) is 17.2 Å². The molecule has 0 spiro atoms. The molecule has 2 unspecified atom stereocenters. The van der Waals surface area contributed by atoms with Crippen LogP contribution in [0, 0.1) is 11.8 Å². The fourth-order valence-corrected chi connectivity index (χ4v) is 3.76. The van der Waals surface area contributed by atoms with E-state index in [2.05, 4.69) is 15.3 Å². The molecule has 1 aromatic carbocycles. The molecular weight excluding hydrogens is 400 g/mol. The number of benzene rings is 1. The molecule has 3 heterocycles. The van der Waals surface area contributed by atoms with Gasteiger partial charge in [-0.2, -0.15) is 13.2 Å². The Morgan fingerprint density at radius 1 is 1.10 bits per heavy atom. The van der Waals surface area contributed by atoms with E-state index in [9.17, 15) is 22.7 Å². The number of nitrogens with zero attached hydrogens (tertiary/aromatic N) is 3. The van der Waals surface area contributed by atoms with Gasteiger partial charge in [-0.1, -0.05) is 18.2 Å². The molecule has 0 aliphatic carbocycles. The van der Waals surface area contributed by atoms with Crippen molar-refractivity contribution in [3.05, 3.63) is 89.4 Å². The maximum atomic E-state index is 13.5. The molecule has 1 aromatic heterocycles. The summed E-state index contributed by atoms with van der Waals surface area (Å²) in [7, 11) is 0. The van der Waals surface area contributed by atoms with Crippen molar-refractivity contribution in [2.24, 2.45) is 4.99 Å². The van der Waals surface area contributed by atoms with Gasteiger partial charge in [-0.05, 0) is 42.8 Å². The normalized spacial score (nSPS) is 25.9. The van der Waals surface area contributed by atoms with Crippen LogP contribution in [0.5, 0.6) is 0 Å². The molecule has 2 aliphatic heterocycles. The van der Waals surface area contributed by atoms with Gasteiger partial charge in [-0.15, -0.1) is 0 Å². The first-order valence-electron chi connectivity index (χ1n) is 9.19. The number of aliphatic imine (C=N–C) groups is 1. The Kier molecular flexibility index (Phi) is 5.07. The first-order chi connectivity index (χ1) is 14.3. The number of alkyl halides is 2. The van der Waals surface area contributed by atoms with Crippen LogP contribution in [0.4, 0.5) is 17.6 Å². The third-order valence-electron chi connectivity index (χ3n) is 5.29. The van der Waals surface area contributed by atoms with E-state index < -0.39 is 36.1 Å². The van der Waals surface area contributed by atoms with Crippen molar-refractivity contribution in [3.63, 3.8) is 0 Å². The van der Waals surface area contributed by atoms with E-state index in [0.717, 1.165) is 6.20 Å². The van der Waals surface area contributed by atoms with Crippen LogP contribution in [0.25, 0.3) is 0 Å². The molecule has 0 saturated carbocycles. The predicted octanol–water partition coefficient (Wildman–Crippen LogP) is 3.29. The molecule has 0 radical (unpaired) electrons. The van der Waals surface area contributed by atoms with Crippen molar-refractivity contribution >= 4 is 5.84 Å². The quantitative estimate of drug-likeness (QED) is 0.455. The molecule has 5 nitrogen and oxygen atoms in total. The van der Waals surface area contributed by atoms with E-state index in [4.69, 9.17) is 0 Å². The number of hydrogen-bond acceptors (Lipinski definition) is 5. The molecule has 4 rings (SSSR count). The summed E-state index contributed by atoms with van der Waals surface area (Å²) in [4.78, 5) is 8.83. The third-order valence-corrected chi connectivity index (χ3v) is 5.29. The van der Waals surface area contributed by atoms with Gasteiger partial charge < -0.3 is 10.4 Å². The zero-order valence-corrected chi connectivity index (χ0v) is 15.8. The summed E-state index contributed by atoms with van der Waals surface area (Å²) >= 11 is 0. The summed E-state index contributed by atoms with van der Waals surface area (Å²) in [6.45, 7) is -1.10. The van der Waals surface area contributed by atoms with E-state index in [0.29, 0.717) is 27.4 Å². The second kappa shape index (κ2) is 7.56. The Morgan fingerprint density at radius 2 is 1.80 bits per heavy atom. The number of rotatable bonds is 4. The lowest BCUT2D eigenvalue weighted by atomic mass is 9.79. The molecule has 2 aliphatic rings. The molecule has 2 N–H and O–H groups in total. The molecule has 9 heteroatoms. The SMILES string of the molecule is C[C@@H]1N=C(C2=CN(C(F)F)C(O)C=C2)NC1(c1ccc(F)cc1)c1ccc(F)nc1. The van der Waals surface area contributed by atoms with Gasteiger partial charge in [0, 0.05) is 23.5 Å². The summed E-state index contributed by atoms with van der Waals surface area (Å²) < 4.78 is 53.4. The molecular formula is C21H18F4N4O. The third kappa shape index (κ3) is 3.35. The Balaban J connectivity index is 1.78. The van der Waals surface area contributed by atoms with Crippen LogP contribution in [-0.2, 0) is 5.54 Å². The van der Waals surface area contributed by atoms with E-state index in [1.165, 1.54) is 36.5 Å². The topological polar surface area (TPSA) is 60.8 Å². The van der Waals surface area contributed by atoms with Crippen LogP contribution in [0.1, 0.15) is 18.1 Å². The van der Waals surface area contributed by atoms with Crippen LogP contribution in [0.3, 0.4) is 0 Å². The Morgan fingerprint density at radius 3 is 2.43 bits per heavy atom. The van der Waals surface area contributed by atoms with Gasteiger partial charge in [0.25, 0.3) is 0 Å². The molecule has 0 bridgehead atoms. The van der Waals surface area contributed by atoms with Gasteiger partial charge in [0.05, 0.1) is 6.04 Å². The summed E-state index contributed by atoms with van der Waals surface area (Å²) in [5.74, 6) is -0.762. The van der Waals surface area contributed by atoms with E-state index in [1.807, 2.05) is 0 Å². The van der Waals surface area contributed by atoms with E-state index >= 15 is 0 Å². The van der Waals surface area contributed by atoms with Gasteiger partial charge in [0.2, 0.25) is 5.95 Å². The lowest BCUT2D eigenvalue weighted by molar-refractivity contribution is -0.0719. The summed E-state index contributed by atoms with van der Waals surface area (Å²) in [6.07, 6.45) is 3.76. The average Bonchev–Trinajstić information content (AvgIpc) is 3.07. The van der Waals surface area contributed by atoms with Crippen LogP contribution in [-0.4, -0.2) is 39.6 Å². The van der Waals surface area contributed by atoms with E-state index in [-0.39, 0.29) is 0 Å². The second-order valence-corrected chi connectivity index (χ2v) is 7.05. The number of aliphatic hydroxyl groups is 1. The first-order valence-corrected chi connectivity index (χ1v) is 9.19. The minimum atomic E-state index is -2.90. The number of hydrogen-bond donors (Lipinski definition) is 2. The minimum Gasteiger partial charge on any atom is -0.370 e. The first kappa shape index (κ1) is 20.1. The molecule has 0 fully saturated rings. The van der Waals surface area contributed by atoms with Gasteiger partial charge in [0.15, 0.2) is 6.23 Å². The number of aliphatic hydroxyl groups excluding tert-OH is 1. The maximum Gasteiger partial charge on any atom is 0.317 e. The number of nitrogens with one attached hydrogen (secondary N) is 1. The number of halogens is 4. The van der Waals surface area contributed by atoms with Crippen molar-refractivity contribution in [2.45, 2.75) is 31.3 Å². The number of amidine groups is 1. The van der Waals surface area contributed by atoms with Crippen molar-refractivity contribution in [3.8, 4) is 0 Å². The molecule has 30 heavy (non-hydrogen) atoms. The average molecular weight is 418 g/mol. The standard InChI is InChI=1S/C21H18F4N4O/c1-12-21(14-3-6-16(22)7-4-14,15-5-8-17(23)26-10-15)28-19(27-12)13-2-9-18(30)29(11-13)20(24)25/h2-12,18,20,30H,1H3,(H,27,28)/t12-,18?,21?/m0/s1. The highest BCUT2D eigenvalue weighted by Crippen LogP contribution is 2.39. The Labute approximate surface area is 170 Å². The van der Waals surface area contributed by atoms with Crippen molar-refractivity contribution in [1.82, 2.24) is 15.2 Å². The predicted molar refractivity (Wildman–Crippen MR) is 102 cm³/mol. The molecule has 156 valence electrons. The van der Waals surface area contributed by atoms with Crippen molar-refractivity contribution < 1.29 is 22.7 Å². The van der Waals surface area contributed by atoms with Crippen LogP contribution >= 0.6 is 0 Å². The van der Waals surface area contributed by atoms with Gasteiger partial charge in [-0.25, -0.2) is 9.37 Å². The zero-order valence-electron chi connectivity index (χ0n) is 15.8. The largest absolute Gasteiger partial charge is 0.370 e. The van der Waals surface area contributed by atoms with Gasteiger partial charge in [-0.3, -0.25) is 9.89 Å². The van der Waals surface area contributed by atoms with E-state index in [1.54, 1.807) is 25.1 Å². The van der Waals surface area contributed by atoms with Crippen molar-refractivity contribution in [1.29, 1.82) is 0 Å². The highest BCUT2D eigenvalue weighted by atomic mass is 19.3. The Hall–Kier alpha value is -3.20. The number of pyridine rings is 1. The molecule has 3 atom stereocenters. The van der Waals surface area contributed by atoms with Gasteiger partial charge >= 0.3 is 6.55 Å². The number of aromatic nitrogens is 1. The maximum absolute atomic E-state index is 13.5. The summed E-state index contributed by atoms with van der Waals surface area (Å²) in [6, 6.07) is 8.06. The minimum absolute atomic E-state index is 0.310. The summed E-state index contributed by atoms with van der Waals surface area (Å²) in [5.41, 5.74) is 0.540. The van der Waals surface area contributed by atoms with Crippen LogP contribution in [0.2, 0.25) is 0 Å². The van der Waals surface area contributed by atoms with Crippen molar-refractivity contribution in [2.75, 3.05) is 0 Å². The van der Waals surface area contributed by atoms with Crippen LogP contribution < -0.4 is 5.32 Å². The van der Waals surface area contributed by atoms with Crippen LogP contribution in [0.15, 0.2) is 71.5 Å². The molecule has 0 amide bonds. The smallest absolute Gasteiger partial charge is 0.317 e. The fraction of sp³-hybridized carbons (Fsp3) is 0.238. The Bertz CT molecular complexity index is 973. The molecule has 0 saturated heterocycles. The molecule has 2 aromatic rings. The second-order valence-electron chi connectivity index (χ2n) is 7.05. The fourth-order valence-electron chi connectivity index (χ4n) is 3.76. The highest BCUT2D eigenvalue weighted by Gasteiger charge is 2.46.